The summed E-state index contributed by atoms with van der Waals surface area (Å²) >= 11 is 0. The summed E-state index contributed by atoms with van der Waals surface area (Å²) in [5.74, 6) is -0.168. The first-order chi connectivity index (χ1) is 13.5. The normalized spacial score (nSPS) is 21.7. The zero-order chi connectivity index (χ0) is 19.8. The number of urea groups is 1. The first-order valence-electron chi connectivity index (χ1n) is 8.57. The van der Waals surface area contributed by atoms with Crippen molar-refractivity contribution >= 4 is 34.4 Å². The van der Waals surface area contributed by atoms with E-state index in [2.05, 4.69) is 31.6 Å². The predicted molar refractivity (Wildman–Crippen MR) is 99.1 cm³/mol. The van der Waals surface area contributed by atoms with Crippen LogP contribution in [0.4, 0.5) is 10.5 Å². The Morgan fingerprint density at radius 3 is 2.93 bits per heavy atom. The number of hydrogen-bond donors (Lipinski definition) is 3. The number of terminal acetylenes is 1. The molecule has 0 aliphatic carbocycles. The molecular weight excluding hydrogens is 362 g/mol. The lowest BCUT2D eigenvalue weighted by molar-refractivity contribution is -0.143. The fourth-order valence-corrected chi connectivity index (χ4v) is 3.81. The highest BCUT2D eigenvalue weighted by atomic mass is 16.2. The summed E-state index contributed by atoms with van der Waals surface area (Å²) in [7, 11) is 0. The van der Waals surface area contributed by atoms with Gasteiger partial charge in [-0.3, -0.25) is 19.8 Å². The van der Waals surface area contributed by atoms with Crippen molar-refractivity contribution in [3.8, 4) is 12.3 Å². The molecule has 10 nitrogen and oxygen atoms in total. The number of nitrogens with zero attached hydrogens (tertiary/aromatic N) is 4. The number of imide groups is 2. The Morgan fingerprint density at radius 1 is 1.36 bits per heavy atom. The smallest absolute Gasteiger partial charge is 0.331 e. The summed E-state index contributed by atoms with van der Waals surface area (Å²) < 4.78 is 0. The summed E-state index contributed by atoms with van der Waals surface area (Å²) in [6, 6.07) is 3.78. The highest BCUT2D eigenvalue weighted by Gasteiger charge is 2.46. The van der Waals surface area contributed by atoms with Crippen molar-refractivity contribution in [2.45, 2.75) is 12.5 Å². The average Bonchev–Trinajstić information content (AvgIpc) is 3.04. The summed E-state index contributed by atoms with van der Waals surface area (Å²) in [4.78, 5) is 44.2. The molecule has 1 aromatic carbocycles. The largest absolute Gasteiger partial charge is 0.357 e. The molecule has 10 heteroatoms. The Bertz CT molecular complexity index is 1110. The third-order valence-electron chi connectivity index (χ3n) is 5.01. The van der Waals surface area contributed by atoms with Crippen LogP contribution in [0.5, 0.6) is 0 Å². The number of hydrogen-bond acceptors (Lipinski definition) is 5. The summed E-state index contributed by atoms with van der Waals surface area (Å²) in [6.45, 7) is 0.326. The maximum Gasteiger partial charge on any atom is 0.331 e. The first-order valence-corrected chi connectivity index (χ1v) is 8.57. The number of amides is 4. The zero-order valence-corrected chi connectivity index (χ0v) is 14.6. The van der Waals surface area contributed by atoms with Gasteiger partial charge in [-0.2, -0.15) is 0 Å². The van der Waals surface area contributed by atoms with Crippen LogP contribution in [0.25, 0.3) is 21.3 Å². The van der Waals surface area contributed by atoms with Crippen molar-refractivity contribution in [1.29, 1.82) is 0 Å². The van der Waals surface area contributed by atoms with Crippen molar-refractivity contribution in [2.75, 3.05) is 13.1 Å². The number of aromatic amines is 1. The molecule has 140 valence electrons. The van der Waals surface area contributed by atoms with Crippen LogP contribution < -0.4 is 10.6 Å². The van der Waals surface area contributed by atoms with E-state index in [-0.39, 0.29) is 6.54 Å². The van der Waals surface area contributed by atoms with E-state index in [0.717, 1.165) is 21.4 Å². The highest BCUT2D eigenvalue weighted by molar-refractivity contribution is 6.16. The number of nitrogens with one attached hydrogen (secondary N) is 3. The van der Waals surface area contributed by atoms with E-state index in [1.807, 2.05) is 0 Å². The van der Waals surface area contributed by atoms with Crippen molar-refractivity contribution in [3.05, 3.63) is 39.9 Å². The molecule has 4 amide bonds. The van der Waals surface area contributed by atoms with Crippen molar-refractivity contribution in [2.24, 2.45) is 11.0 Å². The Balaban J connectivity index is 1.79. The molecule has 2 aliphatic rings. The number of azide groups is 1. The second-order valence-electron chi connectivity index (χ2n) is 6.52. The lowest BCUT2D eigenvalue weighted by Gasteiger charge is -2.35. The Morgan fingerprint density at radius 2 is 2.18 bits per heavy atom. The number of benzene rings is 1. The average molecular weight is 377 g/mol. The molecule has 0 bridgehead atoms. The van der Waals surface area contributed by atoms with Crippen LogP contribution in [0, 0.1) is 18.3 Å². The number of rotatable bonds is 3. The fraction of sp³-hybridized carbons (Fsp3) is 0.278. The lowest BCUT2D eigenvalue weighted by atomic mass is 9.87. The van der Waals surface area contributed by atoms with Crippen LogP contribution in [-0.2, 0) is 16.0 Å². The van der Waals surface area contributed by atoms with E-state index in [4.69, 9.17) is 12.0 Å². The van der Waals surface area contributed by atoms with Crippen molar-refractivity contribution in [3.63, 3.8) is 0 Å². The van der Waals surface area contributed by atoms with Gasteiger partial charge < -0.3 is 10.3 Å². The van der Waals surface area contributed by atoms with Gasteiger partial charge in [0.25, 0.3) is 0 Å². The number of carbonyl (C=O) groups excluding carboxylic acids is 3. The minimum atomic E-state index is -1.13. The van der Waals surface area contributed by atoms with Gasteiger partial charge in [0.15, 0.2) is 0 Å². The van der Waals surface area contributed by atoms with Gasteiger partial charge in [0.1, 0.15) is 5.92 Å². The van der Waals surface area contributed by atoms with E-state index < -0.39 is 29.8 Å². The zero-order valence-electron chi connectivity index (χ0n) is 14.6. The van der Waals surface area contributed by atoms with Gasteiger partial charge >= 0.3 is 6.03 Å². The van der Waals surface area contributed by atoms with Crippen molar-refractivity contribution < 1.29 is 14.4 Å². The summed E-state index contributed by atoms with van der Waals surface area (Å²) in [5.41, 5.74) is 11.6. The van der Waals surface area contributed by atoms with E-state index in [9.17, 15) is 14.4 Å². The SMILES string of the molecule is C#CCN1C(=O)NC(=O)[C@H]([C@@H]2NCCc3c2[nH]c2ccc(N=[N+]=[N-])cc32)C1=O. The second kappa shape index (κ2) is 6.74. The van der Waals surface area contributed by atoms with Crippen molar-refractivity contribution in [1.82, 2.24) is 20.5 Å². The number of aromatic nitrogens is 1. The second-order valence-corrected chi connectivity index (χ2v) is 6.52. The third kappa shape index (κ3) is 2.66. The fourth-order valence-electron chi connectivity index (χ4n) is 3.81. The van der Waals surface area contributed by atoms with Gasteiger partial charge in [-0.05, 0) is 36.2 Å². The van der Waals surface area contributed by atoms with Gasteiger partial charge in [-0.1, -0.05) is 17.1 Å². The molecule has 2 atom stereocenters. The molecule has 1 aromatic heterocycles. The molecule has 0 unspecified atom stereocenters. The third-order valence-corrected chi connectivity index (χ3v) is 5.01. The molecule has 2 aromatic rings. The predicted octanol–water partition coefficient (Wildman–Crippen LogP) is 1.62. The van der Waals surface area contributed by atoms with Crippen LogP contribution in [0.2, 0.25) is 0 Å². The lowest BCUT2D eigenvalue weighted by Crippen LogP contribution is -2.61. The van der Waals surface area contributed by atoms with Crippen LogP contribution >= 0.6 is 0 Å². The molecule has 0 spiro atoms. The van der Waals surface area contributed by atoms with Crippen LogP contribution in [-0.4, -0.2) is 40.8 Å². The van der Waals surface area contributed by atoms with Crippen LogP contribution in [0.1, 0.15) is 17.3 Å². The molecule has 0 radical (unpaired) electrons. The highest BCUT2D eigenvalue weighted by Crippen LogP contribution is 2.36. The Hall–Kier alpha value is -3.80. The number of barbiturate groups is 1. The Labute approximate surface area is 158 Å². The van der Waals surface area contributed by atoms with Crippen LogP contribution in [0.3, 0.4) is 0 Å². The quantitative estimate of drug-likeness (QED) is 0.245. The van der Waals surface area contributed by atoms with Gasteiger partial charge in [0.05, 0.1) is 12.6 Å². The monoisotopic (exact) mass is 377 g/mol. The maximum atomic E-state index is 12.8. The van der Waals surface area contributed by atoms with Gasteiger partial charge in [-0.25, -0.2) is 4.79 Å². The maximum absolute atomic E-state index is 12.8. The first kappa shape index (κ1) is 17.6. The van der Waals surface area contributed by atoms with E-state index in [1.165, 1.54) is 0 Å². The standard InChI is InChI=1S/C18H15N7O3/c1-2-7-25-17(27)13(16(26)22-18(25)28)15-14-10(5-6-20-15)11-8-9(23-24-19)3-4-12(11)21-14/h1,3-4,8,13,15,20-21H,5-7H2,(H,22,26,28)/t13-,15-/m0/s1. The molecule has 0 saturated carbocycles. The minimum absolute atomic E-state index is 0.212. The van der Waals surface area contributed by atoms with Crippen LogP contribution in [0.15, 0.2) is 23.3 Å². The van der Waals surface area contributed by atoms with E-state index in [1.54, 1.807) is 18.2 Å². The molecule has 28 heavy (non-hydrogen) atoms. The topological polar surface area (TPSA) is 143 Å². The van der Waals surface area contributed by atoms with Gasteiger partial charge in [0, 0.05) is 27.2 Å². The molecular formula is C18H15N7O3. The molecule has 4 rings (SSSR count). The van der Waals surface area contributed by atoms with E-state index in [0.29, 0.717) is 24.3 Å². The van der Waals surface area contributed by atoms with Gasteiger partial charge in [-0.15, -0.1) is 6.42 Å². The molecule has 2 aliphatic heterocycles. The van der Waals surface area contributed by atoms with Gasteiger partial charge in [0.2, 0.25) is 11.8 Å². The molecule has 3 heterocycles. The minimum Gasteiger partial charge on any atom is -0.357 e. The molecule has 1 saturated heterocycles. The Kier molecular flexibility index (Phi) is 4.24. The summed E-state index contributed by atoms with van der Waals surface area (Å²) in [5, 5.41) is 9.90. The number of fused-ring (bicyclic) bond motifs is 3. The summed E-state index contributed by atoms with van der Waals surface area (Å²) in [6.07, 6.45) is 5.91. The molecule has 1 fully saturated rings. The molecule has 3 N–H and O–H groups in total. The van der Waals surface area contributed by atoms with E-state index >= 15 is 0 Å². The number of H-pyrrole nitrogens is 1. The number of carbonyl (C=O) groups is 3.